The SMILES string of the molecule is CCCCC1CC(C)=C(Sc2ccccc2)C(=O)O1. The Morgan fingerprint density at radius 3 is 2.68 bits per heavy atom. The number of carbonyl (C=O) groups excluding carboxylic acids is 1. The summed E-state index contributed by atoms with van der Waals surface area (Å²) < 4.78 is 5.53. The van der Waals surface area contributed by atoms with Crippen molar-refractivity contribution in [3.05, 3.63) is 40.8 Å². The third-order valence-electron chi connectivity index (χ3n) is 3.22. The molecule has 2 nitrogen and oxygen atoms in total. The van der Waals surface area contributed by atoms with Crippen LogP contribution in [0.2, 0.25) is 0 Å². The Morgan fingerprint density at radius 1 is 1.32 bits per heavy atom. The molecule has 1 heterocycles. The molecule has 2 rings (SSSR count). The highest BCUT2D eigenvalue weighted by atomic mass is 32.2. The zero-order valence-electron chi connectivity index (χ0n) is 11.5. The summed E-state index contributed by atoms with van der Waals surface area (Å²) in [6.07, 6.45) is 4.19. The summed E-state index contributed by atoms with van der Waals surface area (Å²) >= 11 is 1.51. The molecular formula is C16H20O2S. The van der Waals surface area contributed by atoms with Crippen LogP contribution in [0.25, 0.3) is 0 Å². The molecule has 0 bridgehead atoms. The molecule has 1 aliphatic heterocycles. The lowest BCUT2D eigenvalue weighted by molar-refractivity contribution is -0.145. The molecule has 0 amide bonds. The second-order valence-corrected chi connectivity index (χ2v) is 5.98. The van der Waals surface area contributed by atoms with E-state index in [1.807, 2.05) is 37.3 Å². The fourth-order valence-corrected chi connectivity index (χ4v) is 3.10. The van der Waals surface area contributed by atoms with Gasteiger partial charge in [0.2, 0.25) is 0 Å². The molecule has 1 atom stereocenters. The summed E-state index contributed by atoms with van der Waals surface area (Å²) in [5, 5.41) is 0. The van der Waals surface area contributed by atoms with Crippen molar-refractivity contribution in [3.63, 3.8) is 0 Å². The second kappa shape index (κ2) is 6.80. The van der Waals surface area contributed by atoms with Gasteiger partial charge in [-0.2, -0.15) is 0 Å². The fraction of sp³-hybridized carbons (Fsp3) is 0.438. The average Bonchev–Trinajstić information content (AvgIpc) is 2.42. The molecule has 1 aromatic carbocycles. The average molecular weight is 276 g/mol. The Hall–Kier alpha value is -1.22. The molecule has 0 aromatic heterocycles. The number of ether oxygens (including phenoxy) is 1. The summed E-state index contributed by atoms with van der Waals surface area (Å²) in [6.45, 7) is 4.20. The Bertz CT molecular complexity index is 465. The van der Waals surface area contributed by atoms with Gasteiger partial charge in [-0.1, -0.05) is 49.7 Å². The smallest absolute Gasteiger partial charge is 0.345 e. The summed E-state index contributed by atoms with van der Waals surface area (Å²) in [6, 6.07) is 9.97. The highest BCUT2D eigenvalue weighted by Gasteiger charge is 2.27. The molecule has 1 aromatic rings. The normalized spacial score (nSPS) is 19.5. The molecule has 19 heavy (non-hydrogen) atoms. The summed E-state index contributed by atoms with van der Waals surface area (Å²) in [5.74, 6) is -0.154. The van der Waals surface area contributed by atoms with E-state index < -0.39 is 0 Å². The maximum absolute atomic E-state index is 12.1. The van der Waals surface area contributed by atoms with Crippen LogP contribution in [0.1, 0.15) is 39.5 Å². The maximum atomic E-state index is 12.1. The van der Waals surface area contributed by atoms with Crippen molar-refractivity contribution in [2.75, 3.05) is 0 Å². The third-order valence-corrected chi connectivity index (χ3v) is 4.45. The maximum Gasteiger partial charge on any atom is 0.345 e. The summed E-state index contributed by atoms with van der Waals surface area (Å²) in [4.78, 5) is 13.9. The summed E-state index contributed by atoms with van der Waals surface area (Å²) in [5.41, 5.74) is 1.16. The van der Waals surface area contributed by atoms with Crippen LogP contribution in [0.3, 0.4) is 0 Å². The van der Waals surface area contributed by atoms with Gasteiger partial charge in [0.25, 0.3) is 0 Å². The van der Waals surface area contributed by atoms with Crippen LogP contribution in [-0.4, -0.2) is 12.1 Å². The van der Waals surface area contributed by atoms with Gasteiger partial charge in [0.1, 0.15) is 6.10 Å². The zero-order valence-corrected chi connectivity index (χ0v) is 12.3. The quantitative estimate of drug-likeness (QED) is 0.737. The molecule has 3 heteroatoms. The predicted octanol–water partition coefficient (Wildman–Crippen LogP) is 4.56. The Balaban J connectivity index is 2.06. The van der Waals surface area contributed by atoms with Crippen LogP contribution in [0, 0.1) is 0 Å². The van der Waals surface area contributed by atoms with Crippen molar-refractivity contribution in [2.45, 2.75) is 50.5 Å². The van der Waals surface area contributed by atoms with Crippen LogP contribution >= 0.6 is 11.8 Å². The zero-order chi connectivity index (χ0) is 13.7. The molecule has 0 saturated heterocycles. The molecule has 102 valence electrons. The lowest BCUT2D eigenvalue weighted by Gasteiger charge is -2.25. The number of carbonyl (C=O) groups is 1. The van der Waals surface area contributed by atoms with Gasteiger partial charge in [-0.3, -0.25) is 0 Å². The summed E-state index contributed by atoms with van der Waals surface area (Å²) in [7, 11) is 0. The molecule has 1 unspecified atom stereocenters. The van der Waals surface area contributed by atoms with E-state index in [1.165, 1.54) is 11.8 Å². The molecule has 1 aliphatic rings. The molecule has 0 aliphatic carbocycles. The van der Waals surface area contributed by atoms with E-state index in [9.17, 15) is 4.79 Å². The van der Waals surface area contributed by atoms with E-state index in [2.05, 4.69) is 6.92 Å². The van der Waals surface area contributed by atoms with Crippen molar-refractivity contribution in [2.24, 2.45) is 0 Å². The van der Waals surface area contributed by atoms with E-state index >= 15 is 0 Å². The number of rotatable bonds is 5. The fourth-order valence-electron chi connectivity index (χ4n) is 2.18. The first-order valence-electron chi connectivity index (χ1n) is 6.84. The number of unbranched alkanes of at least 4 members (excludes halogenated alkanes) is 1. The number of esters is 1. The van der Waals surface area contributed by atoms with Crippen LogP contribution in [0.15, 0.2) is 45.7 Å². The van der Waals surface area contributed by atoms with Crippen LogP contribution < -0.4 is 0 Å². The molecule has 0 spiro atoms. The molecule has 0 N–H and O–H groups in total. The minimum absolute atomic E-state index is 0.0765. The standard InChI is InChI=1S/C16H20O2S/c1-3-4-8-13-11-12(2)15(16(17)18-13)19-14-9-6-5-7-10-14/h5-7,9-10,13H,3-4,8,11H2,1-2H3. The van der Waals surface area contributed by atoms with Gasteiger partial charge in [0.05, 0.1) is 4.91 Å². The van der Waals surface area contributed by atoms with Gasteiger partial charge in [0, 0.05) is 11.3 Å². The lowest BCUT2D eigenvalue weighted by atomic mass is 10.0. The van der Waals surface area contributed by atoms with E-state index in [0.29, 0.717) is 0 Å². The van der Waals surface area contributed by atoms with E-state index in [-0.39, 0.29) is 12.1 Å². The molecule has 0 fully saturated rings. The Kier molecular flexibility index (Phi) is 5.08. The van der Waals surface area contributed by atoms with Gasteiger partial charge in [0.15, 0.2) is 0 Å². The Labute approximate surface area is 119 Å². The van der Waals surface area contributed by atoms with E-state index in [0.717, 1.165) is 41.1 Å². The largest absolute Gasteiger partial charge is 0.458 e. The van der Waals surface area contributed by atoms with Gasteiger partial charge in [-0.15, -0.1) is 0 Å². The first-order valence-corrected chi connectivity index (χ1v) is 7.66. The number of benzene rings is 1. The lowest BCUT2D eigenvalue weighted by Crippen LogP contribution is -2.25. The third kappa shape index (κ3) is 3.87. The molecule has 0 radical (unpaired) electrons. The van der Waals surface area contributed by atoms with Crippen molar-refractivity contribution >= 4 is 17.7 Å². The topological polar surface area (TPSA) is 26.3 Å². The molecular weight excluding hydrogens is 256 g/mol. The van der Waals surface area contributed by atoms with Crippen molar-refractivity contribution in [3.8, 4) is 0 Å². The van der Waals surface area contributed by atoms with Crippen LogP contribution in [0.5, 0.6) is 0 Å². The van der Waals surface area contributed by atoms with Crippen LogP contribution in [-0.2, 0) is 9.53 Å². The predicted molar refractivity (Wildman–Crippen MR) is 79.0 cm³/mol. The number of cyclic esters (lactones) is 1. The minimum Gasteiger partial charge on any atom is -0.458 e. The van der Waals surface area contributed by atoms with Crippen LogP contribution in [0.4, 0.5) is 0 Å². The first-order chi connectivity index (χ1) is 9.20. The minimum atomic E-state index is -0.154. The second-order valence-electron chi connectivity index (χ2n) is 4.90. The van der Waals surface area contributed by atoms with Crippen molar-refractivity contribution in [1.82, 2.24) is 0 Å². The van der Waals surface area contributed by atoms with Gasteiger partial charge < -0.3 is 4.74 Å². The highest BCUT2D eigenvalue weighted by molar-refractivity contribution is 8.04. The van der Waals surface area contributed by atoms with Crippen molar-refractivity contribution < 1.29 is 9.53 Å². The number of hydrogen-bond donors (Lipinski definition) is 0. The highest BCUT2D eigenvalue weighted by Crippen LogP contribution is 2.35. The van der Waals surface area contributed by atoms with Gasteiger partial charge in [-0.25, -0.2) is 4.79 Å². The first kappa shape index (κ1) is 14.2. The van der Waals surface area contributed by atoms with Gasteiger partial charge in [-0.05, 0) is 31.1 Å². The Morgan fingerprint density at radius 2 is 2.05 bits per heavy atom. The monoisotopic (exact) mass is 276 g/mol. The van der Waals surface area contributed by atoms with Gasteiger partial charge >= 0.3 is 5.97 Å². The molecule has 0 saturated carbocycles. The van der Waals surface area contributed by atoms with E-state index in [1.54, 1.807) is 0 Å². The van der Waals surface area contributed by atoms with Crippen molar-refractivity contribution in [1.29, 1.82) is 0 Å². The van der Waals surface area contributed by atoms with E-state index in [4.69, 9.17) is 4.74 Å². The number of hydrogen-bond acceptors (Lipinski definition) is 3. The number of thioether (sulfide) groups is 1.